The molecule has 0 bridgehead atoms. The van der Waals surface area contributed by atoms with Crippen LogP contribution < -0.4 is 0 Å². The second-order valence-electron chi connectivity index (χ2n) is 6.83. The second kappa shape index (κ2) is 6.02. The summed E-state index contributed by atoms with van der Waals surface area (Å²) in [7, 11) is -3.25. The minimum atomic E-state index is -3.25. The van der Waals surface area contributed by atoms with Crippen LogP contribution in [0.2, 0.25) is 0 Å². The molecule has 2 atom stereocenters. The van der Waals surface area contributed by atoms with Crippen LogP contribution in [0.4, 0.5) is 0 Å². The summed E-state index contributed by atoms with van der Waals surface area (Å²) < 4.78 is 32.7. The number of hydrogen-bond donors (Lipinski definition) is 0. The van der Waals surface area contributed by atoms with E-state index in [0.29, 0.717) is 25.0 Å². The molecule has 0 amide bonds. The van der Waals surface area contributed by atoms with Gasteiger partial charge in [0.2, 0.25) is 10.0 Å². The first-order chi connectivity index (χ1) is 11.5. The number of nitrogens with zero attached hydrogens (tertiary/aromatic N) is 2. The van der Waals surface area contributed by atoms with Crippen molar-refractivity contribution in [1.29, 1.82) is 0 Å². The molecule has 4 rings (SSSR count). The van der Waals surface area contributed by atoms with Gasteiger partial charge in [-0.15, -0.1) is 0 Å². The Morgan fingerprint density at radius 2 is 1.88 bits per heavy atom. The summed E-state index contributed by atoms with van der Waals surface area (Å²) in [4.78, 5) is 2.32. The number of benzene rings is 1. The lowest BCUT2D eigenvalue weighted by atomic mass is 9.92. The molecule has 2 aliphatic rings. The number of aryl methyl sites for hydroxylation is 1. The SMILES string of the molecule is Cc1ccc(CN2CC3CN(S(=O)(=O)Cc4ccccc4)CC32)o1. The van der Waals surface area contributed by atoms with E-state index >= 15 is 0 Å². The molecule has 1 aromatic heterocycles. The molecule has 0 aliphatic carbocycles. The van der Waals surface area contributed by atoms with Gasteiger partial charge in [0.25, 0.3) is 0 Å². The average Bonchev–Trinajstić information content (AvgIpc) is 3.09. The third-order valence-electron chi connectivity index (χ3n) is 5.05. The zero-order valence-corrected chi connectivity index (χ0v) is 14.6. The highest BCUT2D eigenvalue weighted by Gasteiger charge is 2.48. The van der Waals surface area contributed by atoms with E-state index in [1.807, 2.05) is 49.4 Å². The summed E-state index contributed by atoms with van der Waals surface area (Å²) >= 11 is 0. The standard InChI is InChI=1S/C18H22N2O3S/c1-14-7-8-17(23-14)11-19-9-16-10-20(12-18(16)19)24(21,22)13-15-5-3-2-4-6-15/h2-8,16,18H,9-13H2,1H3. The van der Waals surface area contributed by atoms with Crippen molar-refractivity contribution >= 4 is 10.0 Å². The van der Waals surface area contributed by atoms with E-state index in [2.05, 4.69) is 4.90 Å². The van der Waals surface area contributed by atoms with Crippen LogP contribution in [0.5, 0.6) is 0 Å². The lowest BCUT2D eigenvalue weighted by Gasteiger charge is -2.43. The van der Waals surface area contributed by atoms with Gasteiger partial charge in [0.05, 0.1) is 12.3 Å². The predicted molar refractivity (Wildman–Crippen MR) is 91.8 cm³/mol. The van der Waals surface area contributed by atoms with E-state index in [-0.39, 0.29) is 5.75 Å². The maximum absolute atomic E-state index is 12.7. The minimum absolute atomic E-state index is 0.0880. The summed E-state index contributed by atoms with van der Waals surface area (Å²) in [6.07, 6.45) is 0. The largest absolute Gasteiger partial charge is 0.465 e. The zero-order valence-electron chi connectivity index (χ0n) is 13.8. The molecule has 0 saturated carbocycles. The van der Waals surface area contributed by atoms with Gasteiger partial charge in [-0.1, -0.05) is 30.3 Å². The van der Waals surface area contributed by atoms with Crippen LogP contribution in [0.1, 0.15) is 17.1 Å². The Labute approximate surface area is 142 Å². The van der Waals surface area contributed by atoms with Crippen molar-refractivity contribution in [3.63, 3.8) is 0 Å². The van der Waals surface area contributed by atoms with E-state index in [9.17, 15) is 8.42 Å². The summed E-state index contributed by atoms with van der Waals surface area (Å²) in [6.45, 7) is 4.90. The molecule has 2 saturated heterocycles. The molecule has 2 unspecified atom stereocenters. The molecule has 0 radical (unpaired) electrons. The molecule has 2 fully saturated rings. The Morgan fingerprint density at radius 1 is 1.08 bits per heavy atom. The lowest BCUT2D eigenvalue weighted by Crippen LogP contribution is -2.54. The van der Waals surface area contributed by atoms with Crippen molar-refractivity contribution in [2.24, 2.45) is 5.92 Å². The molecule has 2 aliphatic heterocycles. The van der Waals surface area contributed by atoms with Crippen LogP contribution in [0.3, 0.4) is 0 Å². The number of fused-ring (bicyclic) bond motifs is 1. The van der Waals surface area contributed by atoms with Gasteiger partial charge in [0.1, 0.15) is 11.5 Å². The smallest absolute Gasteiger partial charge is 0.218 e. The van der Waals surface area contributed by atoms with Crippen LogP contribution in [-0.2, 0) is 22.3 Å². The first-order valence-corrected chi connectivity index (χ1v) is 9.93. The quantitative estimate of drug-likeness (QED) is 0.833. The molecule has 0 spiro atoms. The zero-order chi connectivity index (χ0) is 16.7. The van der Waals surface area contributed by atoms with Gasteiger partial charge < -0.3 is 4.42 Å². The fraction of sp³-hybridized carbons (Fsp3) is 0.444. The van der Waals surface area contributed by atoms with Crippen molar-refractivity contribution in [3.05, 3.63) is 59.5 Å². The lowest BCUT2D eigenvalue weighted by molar-refractivity contribution is 0.0369. The van der Waals surface area contributed by atoms with Crippen molar-refractivity contribution < 1.29 is 12.8 Å². The van der Waals surface area contributed by atoms with Crippen molar-refractivity contribution in [1.82, 2.24) is 9.21 Å². The number of rotatable bonds is 5. The van der Waals surface area contributed by atoms with Gasteiger partial charge >= 0.3 is 0 Å². The third-order valence-corrected chi connectivity index (χ3v) is 6.83. The first-order valence-electron chi connectivity index (χ1n) is 8.32. The van der Waals surface area contributed by atoms with Crippen molar-refractivity contribution in [2.75, 3.05) is 19.6 Å². The number of likely N-dealkylation sites (tertiary alicyclic amines) is 1. The normalized spacial score (nSPS) is 24.7. The first kappa shape index (κ1) is 15.9. The Kier molecular flexibility index (Phi) is 3.98. The summed E-state index contributed by atoms with van der Waals surface area (Å²) in [5, 5.41) is 0. The number of sulfonamides is 1. The van der Waals surface area contributed by atoms with Gasteiger partial charge in [-0.3, -0.25) is 4.90 Å². The fourth-order valence-corrected chi connectivity index (χ4v) is 5.36. The number of hydrogen-bond acceptors (Lipinski definition) is 4. The minimum Gasteiger partial charge on any atom is -0.465 e. The average molecular weight is 346 g/mol. The van der Waals surface area contributed by atoms with E-state index < -0.39 is 10.0 Å². The van der Waals surface area contributed by atoms with Gasteiger partial charge in [-0.25, -0.2) is 8.42 Å². The molecule has 24 heavy (non-hydrogen) atoms. The molecule has 0 N–H and O–H groups in total. The van der Waals surface area contributed by atoms with E-state index in [1.165, 1.54) is 0 Å². The van der Waals surface area contributed by atoms with Gasteiger partial charge in [-0.2, -0.15) is 4.31 Å². The predicted octanol–water partition coefficient (Wildman–Crippen LogP) is 2.23. The molecule has 3 heterocycles. The monoisotopic (exact) mass is 346 g/mol. The van der Waals surface area contributed by atoms with Gasteiger partial charge in [0.15, 0.2) is 0 Å². The third kappa shape index (κ3) is 3.01. The van der Waals surface area contributed by atoms with E-state index in [1.54, 1.807) is 4.31 Å². The molecule has 2 aromatic rings. The van der Waals surface area contributed by atoms with E-state index in [4.69, 9.17) is 4.42 Å². The van der Waals surface area contributed by atoms with Gasteiger partial charge in [-0.05, 0) is 24.6 Å². The van der Waals surface area contributed by atoms with Gasteiger partial charge in [0, 0.05) is 31.6 Å². The summed E-state index contributed by atoms with van der Waals surface area (Å²) in [5.74, 6) is 2.41. The second-order valence-corrected chi connectivity index (χ2v) is 8.80. The van der Waals surface area contributed by atoms with Crippen molar-refractivity contribution in [2.45, 2.75) is 25.3 Å². The molecule has 1 aromatic carbocycles. The summed E-state index contributed by atoms with van der Waals surface area (Å²) in [5.41, 5.74) is 0.847. The molecule has 5 nitrogen and oxygen atoms in total. The summed E-state index contributed by atoms with van der Waals surface area (Å²) in [6, 6.07) is 13.7. The molecule has 6 heteroatoms. The maximum Gasteiger partial charge on any atom is 0.218 e. The molecule has 128 valence electrons. The molecular weight excluding hydrogens is 324 g/mol. The Balaban J connectivity index is 1.39. The van der Waals surface area contributed by atoms with E-state index in [0.717, 1.165) is 30.2 Å². The highest BCUT2D eigenvalue weighted by molar-refractivity contribution is 7.88. The Morgan fingerprint density at radius 3 is 2.58 bits per heavy atom. The van der Waals surface area contributed by atoms with Crippen LogP contribution in [0.15, 0.2) is 46.9 Å². The van der Waals surface area contributed by atoms with Crippen LogP contribution in [-0.4, -0.2) is 43.3 Å². The number of furan rings is 1. The van der Waals surface area contributed by atoms with Crippen LogP contribution in [0, 0.1) is 12.8 Å². The Hall–Kier alpha value is -1.63. The molecular formula is C18H22N2O3S. The fourth-order valence-electron chi connectivity index (χ4n) is 3.76. The topological polar surface area (TPSA) is 53.8 Å². The maximum atomic E-state index is 12.7. The van der Waals surface area contributed by atoms with Crippen molar-refractivity contribution in [3.8, 4) is 0 Å². The highest BCUT2D eigenvalue weighted by atomic mass is 32.2. The van der Waals surface area contributed by atoms with Crippen LogP contribution >= 0.6 is 0 Å². The Bertz CT molecular complexity index is 816. The highest BCUT2D eigenvalue weighted by Crippen LogP contribution is 2.35. The van der Waals surface area contributed by atoms with Crippen LogP contribution in [0.25, 0.3) is 0 Å².